The first kappa shape index (κ1) is 14.5. The maximum atomic E-state index is 5.93. The van der Waals surface area contributed by atoms with Gasteiger partial charge in [0.1, 0.15) is 0 Å². The number of nitrogens with one attached hydrogen (secondary N) is 1. The molecule has 0 amide bonds. The van der Waals surface area contributed by atoms with Crippen LogP contribution in [-0.4, -0.2) is 33.5 Å². The maximum absolute atomic E-state index is 5.93. The molecule has 0 aliphatic heterocycles. The minimum absolute atomic E-state index is 0.182. The molecule has 0 spiro atoms. The number of anilines is 2. The third-order valence-corrected chi connectivity index (χ3v) is 2.77. The van der Waals surface area contributed by atoms with E-state index in [1.807, 2.05) is 30.1 Å². The highest BCUT2D eigenvalue weighted by atomic mass is 35.5. The normalized spacial score (nSPS) is 10.3. The Hall–Kier alpha value is -1.95. The first-order valence-corrected chi connectivity index (χ1v) is 6.83. The van der Waals surface area contributed by atoms with Crippen LogP contribution in [-0.2, 0) is 6.54 Å². The topological polar surface area (TPSA) is 66.8 Å². The predicted octanol–water partition coefficient (Wildman–Crippen LogP) is 2.38. The summed E-state index contributed by atoms with van der Waals surface area (Å²) in [6, 6.07) is 5.79. The zero-order valence-corrected chi connectivity index (χ0v) is 12.3. The van der Waals surface area contributed by atoms with Crippen molar-refractivity contribution in [2.45, 2.75) is 19.9 Å². The van der Waals surface area contributed by atoms with Crippen molar-refractivity contribution in [3.63, 3.8) is 0 Å². The third-order valence-electron chi connectivity index (χ3n) is 2.60. The molecule has 0 radical (unpaired) electrons. The number of hydrogen-bond donors (Lipinski definition) is 1. The van der Waals surface area contributed by atoms with Gasteiger partial charge in [0.2, 0.25) is 17.2 Å². The van der Waals surface area contributed by atoms with Crippen molar-refractivity contribution < 1.29 is 0 Å². The van der Waals surface area contributed by atoms with E-state index in [0.29, 0.717) is 18.4 Å². The fourth-order valence-electron chi connectivity index (χ4n) is 1.63. The summed E-state index contributed by atoms with van der Waals surface area (Å²) in [5.41, 5.74) is 0.939. The van der Waals surface area contributed by atoms with Gasteiger partial charge in [-0.05, 0) is 30.2 Å². The van der Waals surface area contributed by atoms with Gasteiger partial charge in [-0.25, -0.2) is 0 Å². The highest BCUT2D eigenvalue weighted by Gasteiger charge is 2.10. The van der Waals surface area contributed by atoms with Gasteiger partial charge in [-0.2, -0.15) is 15.0 Å². The van der Waals surface area contributed by atoms with Crippen molar-refractivity contribution in [2.24, 2.45) is 0 Å². The first-order chi connectivity index (χ1) is 9.69. The standard InChI is InChI=1S/C13H17ClN6/c1-3-7-16-12-17-11(14)18-13(19-12)20(2)9-10-6-4-5-8-15-10/h4-6,8H,3,7,9H2,1-2H3,(H,16,17,18,19). The molecule has 0 saturated heterocycles. The Bertz CT molecular complexity index is 548. The molecule has 2 aromatic heterocycles. The summed E-state index contributed by atoms with van der Waals surface area (Å²) in [5.74, 6) is 1.02. The van der Waals surface area contributed by atoms with Crippen LogP contribution in [0.25, 0.3) is 0 Å². The molecule has 20 heavy (non-hydrogen) atoms. The molecule has 0 aliphatic rings. The minimum Gasteiger partial charge on any atom is -0.354 e. The quantitative estimate of drug-likeness (QED) is 0.882. The van der Waals surface area contributed by atoms with Gasteiger partial charge in [-0.1, -0.05) is 13.0 Å². The van der Waals surface area contributed by atoms with Gasteiger partial charge in [-0.3, -0.25) is 4.98 Å². The van der Waals surface area contributed by atoms with Crippen molar-refractivity contribution in [3.05, 3.63) is 35.4 Å². The fourth-order valence-corrected chi connectivity index (χ4v) is 1.79. The number of halogens is 1. The van der Waals surface area contributed by atoms with E-state index in [2.05, 4.69) is 32.2 Å². The average Bonchev–Trinajstić information content (AvgIpc) is 2.45. The molecule has 0 saturated carbocycles. The number of nitrogens with zero attached hydrogens (tertiary/aromatic N) is 5. The second-order valence-electron chi connectivity index (χ2n) is 4.33. The van der Waals surface area contributed by atoms with Gasteiger partial charge in [0, 0.05) is 19.8 Å². The number of pyridine rings is 1. The van der Waals surface area contributed by atoms with Gasteiger partial charge in [0.05, 0.1) is 12.2 Å². The van der Waals surface area contributed by atoms with E-state index in [0.717, 1.165) is 18.7 Å². The Morgan fingerprint density at radius 1 is 1.25 bits per heavy atom. The molecule has 0 aliphatic carbocycles. The van der Waals surface area contributed by atoms with Gasteiger partial charge in [-0.15, -0.1) is 0 Å². The van der Waals surface area contributed by atoms with E-state index >= 15 is 0 Å². The lowest BCUT2D eigenvalue weighted by Crippen LogP contribution is -2.21. The second-order valence-corrected chi connectivity index (χ2v) is 4.67. The Labute approximate surface area is 123 Å². The average molecular weight is 293 g/mol. The molecule has 0 atom stereocenters. The summed E-state index contributed by atoms with van der Waals surface area (Å²) < 4.78 is 0. The van der Waals surface area contributed by atoms with Crippen LogP contribution >= 0.6 is 11.6 Å². The summed E-state index contributed by atoms with van der Waals surface area (Å²) in [4.78, 5) is 18.7. The Balaban J connectivity index is 2.12. The van der Waals surface area contributed by atoms with Crippen LogP contribution in [0.5, 0.6) is 0 Å². The molecule has 6 nitrogen and oxygen atoms in total. The second kappa shape index (κ2) is 7.00. The molecule has 2 rings (SSSR count). The Morgan fingerprint density at radius 3 is 2.80 bits per heavy atom. The van der Waals surface area contributed by atoms with E-state index in [1.165, 1.54) is 0 Å². The van der Waals surface area contributed by atoms with Crippen LogP contribution in [0.2, 0.25) is 5.28 Å². The zero-order chi connectivity index (χ0) is 14.4. The molecule has 2 aromatic rings. The summed E-state index contributed by atoms with van der Waals surface area (Å²) in [7, 11) is 1.89. The summed E-state index contributed by atoms with van der Waals surface area (Å²) in [6.45, 7) is 3.47. The highest BCUT2D eigenvalue weighted by molar-refractivity contribution is 6.28. The van der Waals surface area contributed by atoms with Crippen LogP contribution in [0.1, 0.15) is 19.0 Å². The van der Waals surface area contributed by atoms with Crippen LogP contribution < -0.4 is 10.2 Å². The van der Waals surface area contributed by atoms with Gasteiger partial charge in [0.25, 0.3) is 0 Å². The molecule has 0 bridgehead atoms. The van der Waals surface area contributed by atoms with Crippen LogP contribution in [0.4, 0.5) is 11.9 Å². The van der Waals surface area contributed by atoms with E-state index < -0.39 is 0 Å². The van der Waals surface area contributed by atoms with E-state index in [-0.39, 0.29) is 5.28 Å². The number of hydrogen-bond acceptors (Lipinski definition) is 6. The van der Waals surface area contributed by atoms with Gasteiger partial charge < -0.3 is 10.2 Å². The van der Waals surface area contributed by atoms with Crippen molar-refractivity contribution in [1.82, 2.24) is 19.9 Å². The van der Waals surface area contributed by atoms with E-state index in [1.54, 1.807) is 6.20 Å². The van der Waals surface area contributed by atoms with Crippen LogP contribution in [0.15, 0.2) is 24.4 Å². The van der Waals surface area contributed by atoms with Crippen LogP contribution in [0, 0.1) is 0 Å². The summed E-state index contributed by atoms with van der Waals surface area (Å²) in [5, 5.41) is 3.29. The first-order valence-electron chi connectivity index (χ1n) is 6.45. The Morgan fingerprint density at radius 2 is 2.10 bits per heavy atom. The maximum Gasteiger partial charge on any atom is 0.231 e. The van der Waals surface area contributed by atoms with E-state index in [4.69, 9.17) is 11.6 Å². The molecule has 0 unspecified atom stereocenters. The van der Waals surface area contributed by atoms with Crippen molar-refractivity contribution >= 4 is 23.5 Å². The van der Waals surface area contributed by atoms with Crippen molar-refractivity contribution in [1.29, 1.82) is 0 Å². The molecular weight excluding hydrogens is 276 g/mol. The lowest BCUT2D eigenvalue weighted by Gasteiger charge is -2.17. The summed E-state index contributed by atoms with van der Waals surface area (Å²) >= 11 is 5.93. The fraction of sp³-hybridized carbons (Fsp3) is 0.385. The lowest BCUT2D eigenvalue weighted by molar-refractivity contribution is 0.828. The Kier molecular flexibility index (Phi) is 5.06. The van der Waals surface area contributed by atoms with E-state index in [9.17, 15) is 0 Å². The van der Waals surface area contributed by atoms with Gasteiger partial charge in [0.15, 0.2) is 0 Å². The molecule has 7 heteroatoms. The molecular formula is C13H17ClN6. The number of rotatable bonds is 6. The van der Waals surface area contributed by atoms with Gasteiger partial charge >= 0.3 is 0 Å². The zero-order valence-electron chi connectivity index (χ0n) is 11.5. The van der Waals surface area contributed by atoms with Crippen LogP contribution in [0.3, 0.4) is 0 Å². The SMILES string of the molecule is CCCNc1nc(Cl)nc(N(C)Cc2ccccn2)n1. The lowest BCUT2D eigenvalue weighted by atomic mass is 10.3. The third kappa shape index (κ3) is 4.03. The largest absolute Gasteiger partial charge is 0.354 e. The molecule has 106 valence electrons. The minimum atomic E-state index is 0.182. The molecule has 2 heterocycles. The molecule has 0 fully saturated rings. The monoisotopic (exact) mass is 292 g/mol. The predicted molar refractivity (Wildman–Crippen MR) is 80.0 cm³/mol. The molecule has 0 aromatic carbocycles. The highest BCUT2D eigenvalue weighted by Crippen LogP contribution is 2.14. The smallest absolute Gasteiger partial charge is 0.231 e. The summed E-state index contributed by atoms with van der Waals surface area (Å²) in [6.07, 6.45) is 2.75. The number of aromatic nitrogens is 4. The van der Waals surface area contributed by atoms with Crippen molar-refractivity contribution in [3.8, 4) is 0 Å². The van der Waals surface area contributed by atoms with Crippen molar-refractivity contribution in [2.75, 3.05) is 23.8 Å². The molecule has 1 N–H and O–H groups in total.